The maximum Gasteiger partial charge on any atom is 0.0928 e. The monoisotopic (exact) mass is 226 g/mol. The van der Waals surface area contributed by atoms with Crippen molar-refractivity contribution in [2.24, 2.45) is 0 Å². The van der Waals surface area contributed by atoms with Crippen molar-refractivity contribution in [2.75, 3.05) is 5.75 Å². The van der Waals surface area contributed by atoms with Crippen LogP contribution < -0.4 is 0 Å². The molecule has 1 aliphatic heterocycles. The second-order valence-electron chi connectivity index (χ2n) is 3.70. The Balaban J connectivity index is 2.14. The molecule has 0 aliphatic carbocycles. The molecule has 0 amide bonds. The van der Waals surface area contributed by atoms with Crippen LogP contribution in [0.5, 0.6) is 0 Å². The second-order valence-corrected chi connectivity index (χ2v) is 7.54. The van der Waals surface area contributed by atoms with Crippen LogP contribution in [0.1, 0.15) is 19.8 Å². The van der Waals surface area contributed by atoms with Gasteiger partial charge in [-0.25, -0.2) is 0 Å². The molecule has 0 N–H and O–H groups in total. The van der Waals surface area contributed by atoms with Gasteiger partial charge in [0.15, 0.2) is 0 Å². The summed E-state index contributed by atoms with van der Waals surface area (Å²) in [5, 5.41) is 0. The number of rotatable bonds is 2. The summed E-state index contributed by atoms with van der Waals surface area (Å²) < 4.78 is 11.7. The summed E-state index contributed by atoms with van der Waals surface area (Å²) in [7, 11) is -0.664. The van der Waals surface area contributed by atoms with Crippen LogP contribution in [0, 0.1) is 0 Å². The van der Waals surface area contributed by atoms with Gasteiger partial charge in [-0.15, -0.1) is 11.8 Å². The van der Waals surface area contributed by atoms with E-state index in [2.05, 4.69) is 19.1 Å². The van der Waals surface area contributed by atoms with Gasteiger partial charge in [0, 0.05) is 21.4 Å². The summed E-state index contributed by atoms with van der Waals surface area (Å²) in [4.78, 5) is 1.23. The largest absolute Gasteiger partial charge is 0.258 e. The zero-order chi connectivity index (χ0) is 10.0. The normalized spacial score (nSPS) is 31.9. The summed E-state index contributed by atoms with van der Waals surface area (Å²) in [5.74, 6) is 0.871. The van der Waals surface area contributed by atoms with E-state index in [9.17, 15) is 4.21 Å². The minimum absolute atomic E-state index is 0.0542. The van der Waals surface area contributed by atoms with Gasteiger partial charge in [-0.1, -0.05) is 18.2 Å². The average molecular weight is 226 g/mol. The molecule has 1 fully saturated rings. The summed E-state index contributed by atoms with van der Waals surface area (Å²) in [5.41, 5.74) is 0. The first-order valence-corrected chi connectivity index (χ1v) is 6.97. The van der Waals surface area contributed by atoms with Crippen molar-refractivity contribution in [2.45, 2.75) is 28.7 Å². The predicted octanol–water partition coefficient (Wildman–Crippen LogP) is 3.04. The minimum atomic E-state index is -0.664. The molecule has 2 atom stereocenters. The van der Waals surface area contributed by atoms with E-state index in [1.165, 1.54) is 4.90 Å². The third-order valence-corrected chi connectivity index (χ3v) is 6.30. The lowest BCUT2D eigenvalue weighted by atomic mass is 10.3. The summed E-state index contributed by atoms with van der Waals surface area (Å²) >= 11 is 1.76. The van der Waals surface area contributed by atoms with E-state index in [0.29, 0.717) is 0 Å². The van der Waals surface area contributed by atoms with Crippen LogP contribution in [0.15, 0.2) is 35.2 Å². The van der Waals surface area contributed by atoms with Gasteiger partial charge >= 0.3 is 0 Å². The van der Waals surface area contributed by atoms with Gasteiger partial charge in [0.25, 0.3) is 0 Å². The number of hydrogen-bond acceptors (Lipinski definition) is 2. The first-order valence-electron chi connectivity index (χ1n) is 4.83. The highest BCUT2D eigenvalue weighted by Crippen LogP contribution is 2.42. The van der Waals surface area contributed by atoms with Crippen LogP contribution >= 0.6 is 11.8 Å². The first kappa shape index (κ1) is 10.2. The highest BCUT2D eigenvalue weighted by molar-refractivity contribution is 8.12. The highest BCUT2D eigenvalue weighted by atomic mass is 32.2. The van der Waals surface area contributed by atoms with Crippen LogP contribution in [0.25, 0.3) is 0 Å². The molecule has 0 spiro atoms. The van der Waals surface area contributed by atoms with Crippen molar-refractivity contribution in [3.05, 3.63) is 30.3 Å². The van der Waals surface area contributed by atoms with Crippen LogP contribution in [-0.2, 0) is 10.8 Å². The molecule has 1 aliphatic rings. The SMILES string of the molecule is CC1(Sc2ccccc2)CCCS1=O. The van der Waals surface area contributed by atoms with Gasteiger partial charge in [-0.05, 0) is 31.9 Å². The van der Waals surface area contributed by atoms with Crippen LogP contribution in [0.2, 0.25) is 0 Å². The average Bonchev–Trinajstić information content (AvgIpc) is 2.48. The fourth-order valence-electron chi connectivity index (χ4n) is 1.69. The van der Waals surface area contributed by atoms with Gasteiger partial charge in [0.1, 0.15) is 0 Å². The van der Waals surface area contributed by atoms with Crippen molar-refractivity contribution < 1.29 is 4.21 Å². The lowest BCUT2D eigenvalue weighted by molar-refractivity contribution is 0.675. The third kappa shape index (κ3) is 2.04. The molecule has 2 unspecified atom stereocenters. The van der Waals surface area contributed by atoms with E-state index < -0.39 is 10.8 Å². The quantitative estimate of drug-likeness (QED) is 0.771. The van der Waals surface area contributed by atoms with Crippen molar-refractivity contribution >= 4 is 22.6 Å². The van der Waals surface area contributed by atoms with Crippen molar-refractivity contribution in [3.8, 4) is 0 Å². The van der Waals surface area contributed by atoms with Crippen LogP contribution in [0.4, 0.5) is 0 Å². The highest BCUT2D eigenvalue weighted by Gasteiger charge is 2.37. The molecule has 0 aromatic heterocycles. The number of thioether (sulfide) groups is 1. The Morgan fingerprint density at radius 3 is 2.64 bits per heavy atom. The summed E-state index contributed by atoms with van der Waals surface area (Å²) in [6, 6.07) is 10.3. The van der Waals surface area contributed by atoms with Crippen molar-refractivity contribution in [1.82, 2.24) is 0 Å². The molecule has 1 aromatic carbocycles. The van der Waals surface area contributed by atoms with Gasteiger partial charge in [0.05, 0.1) is 4.08 Å². The summed E-state index contributed by atoms with van der Waals surface area (Å²) in [6.07, 6.45) is 2.17. The van der Waals surface area contributed by atoms with Gasteiger partial charge in [-0.2, -0.15) is 0 Å². The standard InChI is InChI=1S/C11H14OS2/c1-11(8-5-9-14(11)12)13-10-6-3-2-4-7-10/h2-4,6-7H,5,8-9H2,1H3. The molecule has 1 heterocycles. The van der Waals surface area contributed by atoms with Crippen LogP contribution in [0.3, 0.4) is 0 Å². The molecular weight excluding hydrogens is 212 g/mol. The molecule has 2 rings (SSSR count). The summed E-state index contributed by atoms with van der Waals surface area (Å²) in [6.45, 7) is 2.12. The Kier molecular flexibility index (Phi) is 2.98. The molecule has 0 radical (unpaired) electrons. The van der Waals surface area contributed by atoms with Crippen molar-refractivity contribution in [3.63, 3.8) is 0 Å². The molecule has 3 heteroatoms. The van der Waals surface area contributed by atoms with E-state index in [0.717, 1.165) is 18.6 Å². The Labute approximate surface area is 91.7 Å². The molecule has 1 nitrogen and oxygen atoms in total. The minimum Gasteiger partial charge on any atom is -0.258 e. The second kappa shape index (κ2) is 4.07. The Morgan fingerprint density at radius 2 is 2.07 bits per heavy atom. The molecule has 14 heavy (non-hydrogen) atoms. The lowest BCUT2D eigenvalue weighted by Gasteiger charge is -2.21. The predicted molar refractivity (Wildman–Crippen MR) is 62.9 cm³/mol. The number of hydrogen-bond donors (Lipinski definition) is 0. The molecule has 0 bridgehead atoms. The number of benzene rings is 1. The Hall–Kier alpha value is -0.280. The molecule has 1 aromatic rings. The first-order chi connectivity index (χ1) is 6.71. The van der Waals surface area contributed by atoms with E-state index in [1.807, 2.05) is 18.2 Å². The maximum atomic E-state index is 11.8. The smallest absolute Gasteiger partial charge is 0.0928 e. The van der Waals surface area contributed by atoms with Crippen molar-refractivity contribution in [1.29, 1.82) is 0 Å². The Bertz CT molecular complexity index is 336. The molecule has 0 saturated carbocycles. The van der Waals surface area contributed by atoms with Gasteiger partial charge < -0.3 is 0 Å². The zero-order valence-electron chi connectivity index (χ0n) is 8.23. The zero-order valence-corrected chi connectivity index (χ0v) is 9.87. The fraction of sp³-hybridized carbons (Fsp3) is 0.455. The van der Waals surface area contributed by atoms with E-state index in [-0.39, 0.29) is 4.08 Å². The van der Waals surface area contributed by atoms with E-state index >= 15 is 0 Å². The fourth-order valence-corrected chi connectivity index (χ4v) is 4.85. The van der Waals surface area contributed by atoms with E-state index in [4.69, 9.17) is 0 Å². The van der Waals surface area contributed by atoms with Gasteiger partial charge in [-0.3, -0.25) is 4.21 Å². The molecule has 1 saturated heterocycles. The third-order valence-electron chi connectivity index (χ3n) is 2.52. The maximum absolute atomic E-state index is 11.8. The lowest BCUT2D eigenvalue weighted by Crippen LogP contribution is -2.20. The molecular formula is C11H14OS2. The Morgan fingerprint density at radius 1 is 1.36 bits per heavy atom. The molecule has 76 valence electrons. The topological polar surface area (TPSA) is 17.1 Å². The van der Waals surface area contributed by atoms with Crippen LogP contribution in [-0.4, -0.2) is 14.0 Å². The van der Waals surface area contributed by atoms with Gasteiger partial charge in [0.2, 0.25) is 0 Å². The van der Waals surface area contributed by atoms with E-state index in [1.54, 1.807) is 11.8 Å².